The van der Waals surface area contributed by atoms with Gasteiger partial charge in [0.15, 0.2) is 0 Å². The van der Waals surface area contributed by atoms with Crippen LogP contribution in [-0.4, -0.2) is 26.4 Å². The Kier molecular flexibility index (Phi) is 2.88. The highest BCUT2D eigenvalue weighted by Crippen LogP contribution is 2.22. The number of aromatic nitrogens is 2. The van der Waals surface area contributed by atoms with Gasteiger partial charge < -0.3 is 10.2 Å². The zero-order valence-electron chi connectivity index (χ0n) is 8.64. The molecule has 3 N–H and O–H groups in total. The number of carboxylic acids is 1. The molecule has 0 fully saturated rings. The molecular weight excluding hydrogens is 227 g/mol. The molecule has 0 bridgehead atoms. The number of aliphatic hydroxyl groups excluding tert-OH is 1. The number of rotatable bonds is 3. The van der Waals surface area contributed by atoms with E-state index in [1.165, 1.54) is 24.3 Å². The zero-order chi connectivity index (χ0) is 12.4. The first-order valence-corrected chi connectivity index (χ1v) is 4.80. The molecule has 0 atom stereocenters. The number of hydrogen-bond donors (Lipinski definition) is 3. The van der Waals surface area contributed by atoms with Crippen LogP contribution in [0.2, 0.25) is 0 Å². The van der Waals surface area contributed by atoms with Crippen molar-refractivity contribution in [1.29, 1.82) is 0 Å². The largest absolute Gasteiger partial charge is 0.477 e. The molecule has 1 aromatic heterocycles. The molecule has 0 amide bonds. The molecule has 5 nitrogen and oxygen atoms in total. The highest BCUT2D eigenvalue weighted by molar-refractivity contribution is 5.86. The topological polar surface area (TPSA) is 86.2 Å². The van der Waals surface area contributed by atoms with E-state index in [-0.39, 0.29) is 23.6 Å². The van der Waals surface area contributed by atoms with Crippen molar-refractivity contribution in [1.82, 2.24) is 10.2 Å². The summed E-state index contributed by atoms with van der Waals surface area (Å²) < 4.78 is 13.5. The lowest BCUT2D eigenvalue weighted by atomic mass is 10.1. The highest BCUT2D eigenvalue weighted by Gasteiger charge is 2.12. The summed E-state index contributed by atoms with van der Waals surface area (Å²) in [6.45, 7) is -0.219. The first-order chi connectivity index (χ1) is 8.11. The Morgan fingerprint density at radius 2 is 2.18 bits per heavy atom. The molecule has 0 spiro atoms. The number of hydrogen-bond acceptors (Lipinski definition) is 3. The Morgan fingerprint density at radius 1 is 1.41 bits per heavy atom. The summed E-state index contributed by atoms with van der Waals surface area (Å²) in [6.07, 6.45) is 0. The molecule has 0 aliphatic rings. The molecule has 0 saturated heterocycles. The molecule has 17 heavy (non-hydrogen) atoms. The van der Waals surface area contributed by atoms with Crippen molar-refractivity contribution in [3.05, 3.63) is 41.3 Å². The van der Waals surface area contributed by atoms with Gasteiger partial charge in [0, 0.05) is 5.56 Å². The van der Waals surface area contributed by atoms with Crippen LogP contribution < -0.4 is 0 Å². The van der Waals surface area contributed by atoms with Gasteiger partial charge in [0.25, 0.3) is 0 Å². The van der Waals surface area contributed by atoms with E-state index < -0.39 is 11.8 Å². The summed E-state index contributed by atoms with van der Waals surface area (Å²) in [5.74, 6) is -1.69. The minimum absolute atomic E-state index is 0.117. The van der Waals surface area contributed by atoms with Crippen LogP contribution >= 0.6 is 0 Å². The third kappa shape index (κ3) is 2.16. The van der Waals surface area contributed by atoms with Crippen molar-refractivity contribution in [2.75, 3.05) is 0 Å². The lowest BCUT2D eigenvalue weighted by Crippen LogP contribution is -1.95. The molecule has 2 aromatic rings. The van der Waals surface area contributed by atoms with Crippen molar-refractivity contribution in [2.24, 2.45) is 0 Å². The van der Waals surface area contributed by atoms with E-state index in [0.29, 0.717) is 5.56 Å². The van der Waals surface area contributed by atoms with E-state index in [4.69, 9.17) is 10.2 Å². The van der Waals surface area contributed by atoms with Crippen molar-refractivity contribution >= 4 is 5.97 Å². The van der Waals surface area contributed by atoms with Gasteiger partial charge in [-0.25, -0.2) is 9.18 Å². The van der Waals surface area contributed by atoms with E-state index >= 15 is 0 Å². The Hall–Kier alpha value is -2.21. The average molecular weight is 236 g/mol. The van der Waals surface area contributed by atoms with E-state index in [9.17, 15) is 9.18 Å². The van der Waals surface area contributed by atoms with Crippen LogP contribution in [0.5, 0.6) is 0 Å². The van der Waals surface area contributed by atoms with Gasteiger partial charge in [-0.2, -0.15) is 5.10 Å². The third-order valence-electron chi connectivity index (χ3n) is 2.30. The molecule has 6 heteroatoms. The smallest absolute Gasteiger partial charge is 0.353 e. The van der Waals surface area contributed by atoms with Crippen LogP contribution in [-0.2, 0) is 6.61 Å². The molecule has 0 unspecified atom stereocenters. The fourth-order valence-electron chi connectivity index (χ4n) is 1.44. The van der Waals surface area contributed by atoms with E-state index in [1.54, 1.807) is 0 Å². The monoisotopic (exact) mass is 236 g/mol. The molecule has 0 aliphatic heterocycles. The van der Waals surface area contributed by atoms with Gasteiger partial charge in [-0.05, 0) is 23.8 Å². The third-order valence-corrected chi connectivity index (χ3v) is 2.30. The van der Waals surface area contributed by atoms with E-state index in [1.807, 2.05) is 0 Å². The van der Waals surface area contributed by atoms with Gasteiger partial charge in [-0.15, -0.1) is 0 Å². The molecule has 1 aromatic carbocycles. The standard InChI is InChI=1S/C11H9FN2O3/c12-8-2-1-6(5-15)3-7(8)9-4-10(11(16)17)14-13-9/h1-4,15H,5H2,(H,13,14)(H,16,17). The number of nitrogens with zero attached hydrogens (tertiary/aromatic N) is 1. The Bertz CT molecular complexity index is 566. The van der Waals surface area contributed by atoms with Gasteiger partial charge in [-0.3, -0.25) is 5.10 Å². The van der Waals surface area contributed by atoms with Crippen molar-refractivity contribution < 1.29 is 19.4 Å². The van der Waals surface area contributed by atoms with Gasteiger partial charge in [0.2, 0.25) is 0 Å². The number of benzene rings is 1. The summed E-state index contributed by atoms with van der Waals surface area (Å²) in [5.41, 5.74) is 0.755. The van der Waals surface area contributed by atoms with Crippen molar-refractivity contribution in [2.45, 2.75) is 6.61 Å². The molecule has 2 rings (SSSR count). The van der Waals surface area contributed by atoms with Crippen LogP contribution in [0.3, 0.4) is 0 Å². The van der Waals surface area contributed by atoms with Crippen LogP contribution in [0.25, 0.3) is 11.3 Å². The van der Waals surface area contributed by atoms with Gasteiger partial charge in [-0.1, -0.05) is 6.07 Å². The number of carbonyl (C=O) groups is 1. The van der Waals surface area contributed by atoms with Crippen LogP contribution in [0.1, 0.15) is 16.1 Å². The van der Waals surface area contributed by atoms with Crippen molar-refractivity contribution in [3.63, 3.8) is 0 Å². The molecular formula is C11H9FN2O3. The molecule has 0 saturated carbocycles. The fourth-order valence-corrected chi connectivity index (χ4v) is 1.44. The second-order valence-electron chi connectivity index (χ2n) is 3.44. The minimum atomic E-state index is -1.16. The summed E-state index contributed by atoms with van der Waals surface area (Å²) >= 11 is 0. The lowest BCUT2D eigenvalue weighted by molar-refractivity contribution is 0.0690. The van der Waals surface area contributed by atoms with Gasteiger partial charge >= 0.3 is 5.97 Å². The predicted molar refractivity (Wildman–Crippen MR) is 56.9 cm³/mol. The first kappa shape index (κ1) is 11.3. The van der Waals surface area contributed by atoms with Gasteiger partial charge in [0.05, 0.1) is 12.3 Å². The van der Waals surface area contributed by atoms with E-state index in [0.717, 1.165) is 0 Å². The molecule has 0 radical (unpaired) electrons. The number of aromatic carboxylic acids is 1. The maximum Gasteiger partial charge on any atom is 0.353 e. The van der Waals surface area contributed by atoms with Crippen LogP contribution in [0, 0.1) is 5.82 Å². The lowest BCUT2D eigenvalue weighted by Gasteiger charge is -2.01. The maximum atomic E-state index is 13.5. The summed E-state index contributed by atoms with van der Waals surface area (Å²) in [6, 6.07) is 5.32. The fraction of sp³-hybridized carbons (Fsp3) is 0.0909. The number of nitrogens with one attached hydrogen (secondary N) is 1. The minimum Gasteiger partial charge on any atom is -0.477 e. The predicted octanol–water partition coefficient (Wildman–Crippen LogP) is 1.41. The number of halogens is 1. The Morgan fingerprint density at radius 3 is 2.76 bits per heavy atom. The normalized spacial score (nSPS) is 10.5. The molecule has 1 heterocycles. The van der Waals surface area contributed by atoms with E-state index in [2.05, 4.69) is 10.2 Å². The number of H-pyrrole nitrogens is 1. The zero-order valence-corrected chi connectivity index (χ0v) is 8.64. The summed E-state index contributed by atoms with van der Waals surface area (Å²) in [5, 5.41) is 23.7. The maximum absolute atomic E-state index is 13.5. The Balaban J connectivity index is 2.47. The summed E-state index contributed by atoms with van der Waals surface area (Å²) in [7, 11) is 0. The van der Waals surface area contributed by atoms with Crippen LogP contribution in [0.15, 0.2) is 24.3 Å². The number of carboxylic acid groups (broad SMARTS) is 1. The Labute approximate surface area is 95.5 Å². The van der Waals surface area contributed by atoms with Gasteiger partial charge in [0.1, 0.15) is 11.5 Å². The molecule has 0 aliphatic carbocycles. The second-order valence-corrected chi connectivity index (χ2v) is 3.44. The highest BCUT2D eigenvalue weighted by atomic mass is 19.1. The molecule has 88 valence electrons. The van der Waals surface area contributed by atoms with Crippen molar-refractivity contribution in [3.8, 4) is 11.3 Å². The number of aliphatic hydroxyl groups is 1. The van der Waals surface area contributed by atoms with Crippen LogP contribution in [0.4, 0.5) is 4.39 Å². The second kappa shape index (κ2) is 4.34. The SMILES string of the molecule is O=C(O)c1cc(-c2cc(CO)ccc2F)n[nH]1. The first-order valence-electron chi connectivity index (χ1n) is 4.80. The number of aromatic amines is 1. The quantitative estimate of drug-likeness (QED) is 0.751. The summed E-state index contributed by atoms with van der Waals surface area (Å²) in [4.78, 5) is 10.6. The average Bonchev–Trinajstić information content (AvgIpc) is 2.79.